The molecule has 0 spiro atoms. The van der Waals surface area contributed by atoms with Gasteiger partial charge in [-0.15, -0.1) is 0 Å². The lowest BCUT2D eigenvalue weighted by molar-refractivity contribution is -0.133. The number of carbonyl (C=O) groups excluding carboxylic acids is 1. The monoisotopic (exact) mass is 341 g/mol. The number of likely N-dealkylation sites (tertiary alicyclic amines) is 1. The second-order valence-corrected chi connectivity index (χ2v) is 7.56. The summed E-state index contributed by atoms with van der Waals surface area (Å²) in [6, 6.07) is 10.1. The highest BCUT2D eigenvalue weighted by molar-refractivity contribution is 7.18. The summed E-state index contributed by atoms with van der Waals surface area (Å²) < 4.78 is 0.126. The van der Waals surface area contributed by atoms with Gasteiger partial charge in [-0.25, -0.2) is 9.28 Å². The molecule has 1 aromatic carbocycles. The lowest BCUT2D eigenvalue weighted by atomic mass is 9.96. The maximum absolute atomic E-state index is 13.0. The molecule has 124 valence electrons. The fourth-order valence-corrected chi connectivity index (χ4v) is 4.06. The Hall–Kier alpha value is -2.23. The first kappa shape index (κ1) is 16.6. The number of aromatic nitrogens is 1. The normalized spacial score (nSPS) is 18.2. The summed E-state index contributed by atoms with van der Waals surface area (Å²) in [5.74, 6) is 0.0152. The molecule has 1 aliphatic heterocycles. The summed E-state index contributed by atoms with van der Waals surface area (Å²) >= 11 is 1.55. The van der Waals surface area contributed by atoms with Gasteiger partial charge < -0.3 is 4.90 Å². The molecule has 24 heavy (non-hydrogen) atoms. The molecule has 1 amide bonds. The van der Waals surface area contributed by atoms with E-state index in [0.29, 0.717) is 6.54 Å². The van der Waals surface area contributed by atoms with E-state index in [-0.39, 0.29) is 16.3 Å². The molecule has 3 rings (SSSR count). The van der Waals surface area contributed by atoms with Gasteiger partial charge in [0.15, 0.2) is 6.19 Å². The number of quaternary nitrogens is 1. The van der Waals surface area contributed by atoms with Crippen LogP contribution in [0, 0.1) is 17.4 Å². The van der Waals surface area contributed by atoms with Crippen molar-refractivity contribution in [1.82, 2.24) is 14.4 Å². The van der Waals surface area contributed by atoms with Gasteiger partial charge in [0.2, 0.25) is 0 Å². The Labute approximate surface area is 146 Å². The molecule has 1 fully saturated rings. The summed E-state index contributed by atoms with van der Waals surface area (Å²) in [5.41, 5.74) is 1.11. The van der Waals surface area contributed by atoms with E-state index >= 15 is 0 Å². The van der Waals surface area contributed by atoms with Crippen molar-refractivity contribution in [2.24, 2.45) is 5.92 Å². The third kappa shape index (κ3) is 3.18. The standard InChI is InChI=1S/C18H21N4OS/c1-22(2,17(23)15-9-6-10-21(12-15)13-19)18-20-11-16(24-18)14-7-4-3-5-8-14/h3-5,7-8,11,15H,6,9-10,12H2,1-2H3/q+1/t15-/m1/s1. The smallest absolute Gasteiger partial charge is 0.310 e. The maximum Gasteiger partial charge on any atom is 0.325 e. The summed E-state index contributed by atoms with van der Waals surface area (Å²) in [6.07, 6.45) is 5.73. The molecule has 2 aromatic rings. The lowest BCUT2D eigenvalue weighted by Crippen LogP contribution is -2.53. The summed E-state index contributed by atoms with van der Waals surface area (Å²) in [5, 5.41) is 9.87. The lowest BCUT2D eigenvalue weighted by Gasteiger charge is -2.32. The van der Waals surface area contributed by atoms with Crippen molar-refractivity contribution in [3.05, 3.63) is 36.5 Å². The van der Waals surface area contributed by atoms with Crippen molar-refractivity contribution in [2.75, 3.05) is 27.2 Å². The van der Waals surface area contributed by atoms with Crippen LogP contribution in [0.25, 0.3) is 10.4 Å². The number of nitriles is 1. The zero-order valence-electron chi connectivity index (χ0n) is 14.0. The van der Waals surface area contributed by atoms with Gasteiger partial charge in [0.1, 0.15) is 0 Å². The van der Waals surface area contributed by atoms with E-state index in [9.17, 15) is 4.79 Å². The Balaban J connectivity index is 1.81. The first-order valence-corrected chi connectivity index (χ1v) is 8.89. The van der Waals surface area contributed by atoms with Crippen LogP contribution >= 0.6 is 11.3 Å². The minimum Gasteiger partial charge on any atom is -0.310 e. The van der Waals surface area contributed by atoms with E-state index in [0.717, 1.165) is 35.0 Å². The number of thiazole rings is 1. The summed E-state index contributed by atoms with van der Waals surface area (Å²) in [7, 11) is 3.78. The molecule has 1 aromatic heterocycles. The molecule has 5 nitrogen and oxygen atoms in total. The molecule has 1 aliphatic rings. The molecular formula is C18H21N4OS+. The molecule has 1 saturated heterocycles. The highest BCUT2D eigenvalue weighted by Gasteiger charge is 2.40. The molecule has 0 saturated carbocycles. The van der Waals surface area contributed by atoms with E-state index in [4.69, 9.17) is 5.26 Å². The highest BCUT2D eigenvalue weighted by Crippen LogP contribution is 2.34. The van der Waals surface area contributed by atoms with Crippen LogP contribution in [0.5, 0.6) is 0 Å². The second-order valence-electron chi connectivity index (χ2n) is 6.55. The Morgan fingerprint density at radius 2 is 2.12 bits per heavy atom. The Morgan fingerprint density at radius 3 is 2.83 bits per heavy atom. The van der Waals surface area contributed by atoms with E-state index in [1.165, 1.54) is 0 Å². The third-order valence-corrected chi connectivity index (χ3v) is 5.80. The molecule has 0 bridgehead atoms. The molecule has 0 aliphatic carbocycles. The number of piperidine rings is 1. The zero-order valence-corrected chi connectivity index (χ0v) is 14.8. The van der Waals surface area contributed by atoms with Gasteiger partial charge in [-0.05, 0) is 18.4 Å². The number of carbonyl (C=O) groups is 1. The van der Waals surface area contributed by atoms with Crippen LogP contribution in [0.4, 0.5) is 5.13 Å². The van der Waals surface area contributed by atoms with Crippen LogP contribution in [-0.4, -0.2) is 43.0 Å². The molecule has 0 N–H and O–H groups in total. The number of hydrogen-bond donors (Lipinski definition) is 0. The van der Waals surface area contributed by atoms with Crippen molar-refractivity contribution >= 4 is 22.4 Å². The molecular weight excluding hydrogens is 320 g/mol. The largest absolute Gasteiger partial charge is 0.325 e. The van der Waals surface area contributed by atoms with Crippen LogP contribution in [0.15, 0.2) is 36.5 Å². The molecule has 1 atom stereocenters. The Morgan fingerprint density at radius 1 is 1.38 bits per heavy atom. The number of amides is 1. The van der Waals surface area contributed by atoms with Gasteiger partial charge in [0.05, 0.1) is 31.1 Å². The predicted molar refractivity (Wildman–Crippen MR) is 96.1 cm³/mol. The fourth-order valence-electron chi connectivity index (χ4n) is 3.08. The number of benzene rings is 1. The van der Waals surface area contributed by atoms with Crippen LogP contribution in [0.3, 0.4) is 0 Å². The quantitative estimate of drug-likeness (QED) is 0.636. The topological polar surface area (TPSA) is 57.0 Å². The number of nitrogens with zero attached hydrogens (tertiary/aromatic N) is 4. The van der Waals surface area contributed by atoms with Crippen molar-refractivity contribution in [2.45, 2.75) is 12.8 Å². The average Bonchev–Trinajstić information content (AvgIpc) is 3.13. The predicted octanol–water partition coefficient (Wildman–Crippen LogP) is 3.10. The van der Waals surface area contributed by atoms with Crippen molar-refractivity contribution in [3.63, 3.8) is 0 Å². The summed E-state index contributed by atoms with van der Waals surface area (Å²) in [4.78, 5) is 20.3. The Kier molecular flexibility index (Phi) is 4.65. The fraction of sp³-hybridized carbons (Fsp3) is 0.389. The maximum atomic E-state index is 13.0. The van der Waals surface area contributed by atoms with Crippen LogP contribution < -0.4 is 4.48 Å². The Bertz CT molecular complexity index is 763. The van der Waals surface area contributed by atoms with E-state index < -0.39 is 0 Å². The van der Waals surface area contributed by atoms with Gasteiger partial charge in [-0.1, -0.05) is 41.7 Å². The van der Waals surface area contributed by atoms with E-state index in [1.807, 2.05) is 50.6 Å². The first-order valence-electron chi connectivity index (χ1n) is 8.07. The highest BCUT2D eigenvalue weighted by atomic mass is 32.1. The van der Waals surface area contributed by atoms with Crippen molar-refractivity contribution < 1.29 is 4.79 Å². The second kappa shape index (κ2) is 6.71. The number of rotatable bonds is 3. The van der Waals surface area contributed by atoms with Gasteiger partial charge in [0, 0.05) is 13.1 Å². The third-order valence-electron chi connectivity index (χ3n) is 4.49. The summed E-state index contributed by atoms with van der Waals surface area (Å²) in [6.45, 7) is 1.27. The zero-order chi connectivity index (χ0) is 17.2. The van der Waals surface area contributed by atoms with Crippen molar-refractivity contribution in [1.29, 1.82) is 5.26 Å². The average molecular weight is 341 g/mol. The number of hydrogen-bond acceptors (Lipinski definition) is 5. The molecule has 0 unspecified atom stereocenters. The first-order chi connectivity index (χ1) is 11.5. The minimum atomic E-state index is -0.113. The van der Waals surface area contributed by atoms with Crippen LogP contribution in [0.2, 0.25) is 0 Å². The van der Waals surface area contributed by atoms with Gasteiger partial charge >= 0.3 is 5.91 Å². The van der Waals surface area contributed by atoms with Crippen LogP contribution in [-0.2, 0) is 4.79 Å². The van der Waals surface area contributed by atoms with Gasteiger partial charge in [-0.3, -0.25) is 0 Å². The minimum absolute atomic E-state index is 0.113. The van der Waals surface area contributed by atoms with E-state index in [1.54, 1.807) is 16.2 Å². The van der Waals surface area contributed by atoms with Gasteiger partial charge in [-0.2, -0.15) is 10.2 Å². The van der Waals surface area contributed by atoms with E-state index in [2.05, 4.69) is 11.2 Å². The SMILES string of the molecule is C[N+](C)(C(=O)[C@@H]1CCCN(C#N)C1)c1ncc(-c2ccccc2)s1. The molecule has 2 heterocycles. The molecule has 6 heteroatoms. The van der Waals surface area contributed by atoms with Gasteiger partial charge in [0.25, 0.3) is 5.13 Å². The van der Waals surface area contributed by atoms with Crippen LogP contribution in [0.1, 0.15) is 12.8 Å². The van der Waals surface area contributed by atoms with Crippen molar-refractivity contribution in [3.8, 4) is 16.6 Å². The molecule has 0 radical (unpaired) electrons.